The summed E-state index contributed by atoms with van der Waals surface area (Å²) in [6, 6.07) is 10.2. The van der Waals surface area contributed by atoms with Gasteiger partial charge in [0.25, 0.3) is 5.65 Å². The average molecular weight is 367 g/mol. The minimum absolute atomic E-state index is 0. The number of hydrogen-bond donors (Lipinski definition) is 1. The monoisotopic (exact) mass is 367 g/mol. The Bertz CT molecular complexity index is 693. The quantitative estimate of drug-likeness (QED) is 0.417. The second-order valence-corrected chi connectivity index (χ2v) is 4.27. The molecule has 19 heavy (non-hydrogen) atoms. The Labute approximate surface area is 128 Å². The van der Waals surface area contributed by atoms with Crippen LogP contribution in [0.4, 0.5) is 5.82 Å². The molecule has 0 amide bonds. The molecule has 0 aliphatic rings. The maximum absolute atomic E-state index is 5.88. The second kappa shape index (κ2) is 5.52. The first kappa shape index (κ1) is 13.7. The highest BCUT2D eigenvalue weighted by atomic mass is 127. The Morgan fingerprint density at radius 2 is 1.95 bits per heavy atom. The van der Waals surface area contributed by atoms with Crippen molar-refractivity contribution in [3.8, 4) is 0 Å². The number of fused-ring (bicyclic) bond motifs is 1. The van der Waals surface area contributed by atoms with E-state index in [1.165, 1.54) is 5.56 Å². The number of hydrogen-bond acceptors (Lipinski definition) is 3. The summed E-state index contributed by atoms with van der Waals surface area (Å²) in [5.74, 6) is 0.509. The predicted octanol–water partition coefficient (Wildman–Crippen LogP) is -2.11. The summed E-state index contributed by atoms with van der Waals surface area (Å²) in [5, 5.41) is 0. The largest absolute Gasteiger partial charge is 1.00 e. The number of halogens is 1. The van der Waals surface area contributed by atoms with Crippen LogP contribution < -0.4 is 34.3 Å². The van der Waals surface area contributed by atoms with Gasteiger partial charge in [-0.3, -0.25) is 0 Å². The molecule has 0 radical (unpaired) electrons. The summed E-state index contributed by atoms with van der Waals surface area (Å²) in [4.78, 5) is 8.60. The lowest BCUT2D eigenvalue weighted by Crippen LogP contribution is -3.00. The minimum atomic E-state index is 0. The van der Waals surface area contributed by atoms with Gasteiger partial charge >= 0.3 is 0 Å². The van der Waals surface area contributed by atoms with Gasteiger partial charge in [0.15, 0.2) is 11.8 Å². The normalized spacial score (nSPS) is 10.4. The van der Waals surface area contributed by atoms with E-state index in [1.807, 2.05) is 34.4 Å². The highest BCUT2D eigenvalue weighted by Gasteiger charge is 2.16. The number of imidazole rings is 1. The van der Waals surface area contributed by atoms with Gasteiger partial charge in [-0.1, -0.05) is 40.3 Å². The molecular formula is C13H14IN5. The number of nitrogen functional groups attached to an aromatic ring is 1. The molecule has 0 saturated heterocycles. The average Bonchev–Trinajstić information content (AvgIpc) is 2.78. The van der Waals surface area contributed by atoms with Gasteiger partial charge in [-0.25, -0.2) is 4.57 Å². The van der Waals surface area contributed by atoms with Crippen molar-refractivity contribution >= 4 is 17.0 Å². The summed E-state index contributed by atoms with van der Waals surface area (Å²) in [7, 11) is 1.92. The number of rotatable bonds is 2. The molecule has 0 atom stereocenters. The Balaban J connectivity index is 0.00000133. The molecular weight excluding hydrogens is 353 g/mol. The van der Waals surface area contributed by atoms with Crippen LogP contribution in [0.3, 0.4) is 0 Å². The fourth-order valence-corrected chi connectivity index (χ4v) is 2.07. The zero-order valence-electron chi connectivity index (χ0n) is 10.5. The summed E-state index contributed by atoms with van der Waals surface area (Å²) in [6.45, 7) is 0.738. The van der Waals surface area contributed by atoms with Crippen LogP contribution in [-0.4, -0.2) is 14.5 Å². The lowest BCUT2D eigenvalue weighted by molar-refractivity contribution is -0.667. The molecule has 1 aromatic carbocycles. The molecule has 0 fully saturated rings. The third kappa shape index (κ3) is 2.53. The Hall–Kier alpha value is -1.70. The number of nitrogens with two attached hydrogens (primary N) is 1. The van der Waals surface area contributed by atoms with Crippen LogP contribution in [0.25, 0.3) is 11.2 Å². The van der Waals surface area contributed by atoms with Gasteiger partial charge in [-0.05, 0) is 5.56 Å². The zero-order valence-corrected chi connectivity index (χ0v) is 12.7. The topological polar surface area (TPSA) is 60.6 Å². The lowest BCUT2D eigenvalue weighted by atomic mass is 10.2. The van der Waals surface area contributed by atoms with E-state index >= 15 is 0 Å². The van der Waals surface area contributed by atoms with Crippen molar-refractivity contribution in [2.75, 3.05) is 5.73 Å². The fourth-order valence-electron chi connectivity index (χ4n) is 2.07. The molecule has 2 heterocycles. The summed E-state index contributed by atoms with van der Waals surface area (Å²) in [5.41, 5.74) is 8.81. The number of aryl methyl sites for hydroxylation is 1. The molecule has 0 aliphatic carbocycles. The molecule has 6 heteroatoms. The second-order valence-electron chi connectivity index (χ2n) is 4.27. The Morgan fingerprint density at radius 3 is 2.68 bits per heavy atom. The fraction of sp³-hybridized carbons (Fsp3) is 0.154. The van der Waals surface area contributed by atoms with Gasteiger partial charge in [0.2, 0.25) is 12.1 Å². The van der Waals surface area contributed by atoms with Gasteiger partial charge < -0.3 is 34.3 Å². The molecule has 3 rings (SSSR count). The molecule has 0 spiro atoms. The van der Waals surface area contributed by atoms with E-state index in [1.54, 1.807) is 12.7 Å². The lowest BCUT2D eigenvalue weighted by Gasteiger charge is -2.02. The van der Waals surface area contributed by atoms with Crippen molar-refractivity contribution in [3.63, 3.8) is 0 Å². The van der Waals surface area contributed by atoms with Crippen LogP contribution in [0.2, 0.25) is 0 Å². The number of nitrogens with zero attached hydrogens (tertiary/aromatic N) is 4. The molecule has 2 aromatic heterocycles. The molecule has 5 nitrogen and oxygen atoms in total. The van der Waals surface area contributed by atoms with Crippen LogP contribution in [-0.2, 0) is 13.6 Å². The third-order valence-corrected chi connectivity index (χ3v) is 2.96. The van der Waals surface area contributed by atoms with E-state index in [4.69, 9.17) is 5.73 Å². The van der Waals surface area contributed by atoms with Crippen LogP contribution in [0.1, 0.15) is 5.56 Å². The summed E-state index contributed by atoms with van der Waals surface area (Å²) >= 11 is 0. The third-order valence-electron chi connectivity index (χ3n) is 2.96. The van der Waals surface area contributed by atoms with Crippen LogP contribution in [0.15, 0.2) is 43.0 Å². The highest BCUT2D eigenvalue weighted by Crippen LogP contribution is 2.12. The molecule has 0 unspecified atom stereocenters. The minimum Gasteiger partial charge on any atom is -1.00 e. The SMILES string of the molecule is Cn1cnc2c1c(N)nc[n+]2Cc1ccccc1.[I-]. The van der Waals surface area contributed by atoms with Crippen LogP contribution in [0.5, 0.6) is 0 Å². The molecule has 98 valence electrons. The van der Waals surface area contributed by atoms with Crippen LogP contribution >= 0.6 is 0 Å². The standard InChI is InChI=1S/C13H13N5.HI/c1-17-8-16-13-11(17)12(14)15-9-18(13)7-10-5-3-2-4-6-10;/h2-6,8-9,14H,7H2,1H3;1H. The first-order chi connectivity index (χ1) is 8.75. The number of anilines is 1. The van der Waals surface area contributed by atoms with Gasteiger partial charge in [0.05, 0.1) is 6.54 Å². The van der Waals surface area contributed by atoms with Gasteiger partial charge in [-0.2, -0.15) is 0 Å². The van der Waals surface area contributed by atoms with E-state index < -0.39 is 0 Å². The first-order valence-electron chi connectivity index (χ1n) is 5.74. The molecule has 0 bridgehead atoms. The van der Waals surface area contributed by atoms with Crippen molar-refractivity contribution in [1.29, 1.82) is 0 Å². The van der Waals surface area contributed by atoms with Crippen molar-refractivity contribution in [3.05, 3.63) is 48.5 Å². The van der Waals surface area contributed by atoms with Crippen molar-refractivity contribution in [2.45, 2.75) is 6.54 Å². The van der Waals surface area contributed by atoms with Crippen molar-refractivity contribution in [2.24, 2.45) is 7.05 Å². The van der Waals surface area contributed by atoms with E-state index in [0.717, 1.165) is 17.7 Å². The Kier molecular flexibility index (Phi) is 3.98. The van der Waals surface area contributed by atoms with Crippen molar-refractivity contribution < 1.29 is 28.5 Å². The van der Waals surface area contributed by atoms with Crippen LogP contribution in [0, 0.1) is 0 Å². The van der Waals surface area contributed by atoms with E-state index in [-0.39, 0.29) is 24.0 Å². The maximum atomic E-state index is 5.88. The molecule has 2 N–H and O–H groups in total. The van der Waals surface area contributed by atoms with Crippen molar-refractivity contribution in [1.82, 2.24) is 14.5 Å². The summed E-state index contributed by atoms with van der Waals surface area (Å²) in [6.07, 6.45) is 3.49. The van der Waals surface area contributed by atoms with Gasteiger partial charge in [0, 0.05) is 7.05 Å². The Morgan fingerprint density at radius 1 is 1.21 bits per heavy atom. The summed E-state index contributed by atoms with van der Waals surface area (Å²) < 4.78 is 3.89. The maximum Gasteiger partial charge on any atom is 0.293 e. The zero-order chi connectivity index (χ0) is 12.5. The van der Waals surface area contributed by atoms with E-state index in [2.05, 4.69) is 22.1 Å². The first-order valence-corrected chi connectivity index (χ1v) is 5.74. The van der Waals surface area contributed by atoms with E-state index in [9.17, 15) is 0 Å². The number of aromatic nitrogens is 4. The molecule has 0 saturated carbocycles. The number of benzene rings is 1. The van der Waals surface area contributed by atoms with E-state index in [0.29, 0.717) is 5.82 Å². The highest BCUT2D eigenvalue weighted by molar-refractivity contribution is 5.79. The molecule has 3 aromatic rings. The smallest absolute Gasteiger partial charge is 0.293 e. The molecule has 0 aliphatic heterocycles. The van der Waals surface area contributed by atoms with Gasteiger partial charge in [-0.15, -0.1) is 0 Å². The predicted molar refractivity (Wildman–Crippen MR) is 68.7 cm³/mol. The van der Waals surface area contributed by atoms with Gasteiger partial charge in [0.1, 0.15) is 0 Å².